The van der Waals surface area contributed by atoms with E-state index in [4.69, 9.17) is 4.74 Å². The summed E-state index contributed by atoms with van der Waals surface area (Å²) in [6.07, 6.45) is 8.39. The molecule has 0 bridgehead atoms. The van der Waals surface area contributed by atoms with Crippen molar-refractivity contribution in [2.24, 2.45) is 0 Å². The first-order valence-corrected chi connectivity index (χ1v) is 6.84. The van der Waals surface area contributed by atoms with Crippen LogP contribution >= 0.6 is 11.8 Å². The first-order valence-electron chi connectivity index (χ1n) is 5.45. The van der Waals surface area contributed by atoms with Crippen LogP contribution in [-0.4, -0.2) is 30.5 Å². The molecule has 3 heteroatoms. The van der Waals surface area contributed by atoms with Gasteiger partial charge >= 0.3 is 0 Å². The lowest BCUT2D eigenvalue weighted by molar-refractivity contribution is -0.119. The number of hydrogen-bond acceptors (Lipinski definition) is 3. The molecule has 0 N–H and O–H groups in total. The minimum Gasteiger partial charge on any atom is -0.378 e. The van der Waals surface area contributed by atoms with Crippen LogP contribution in [0.2, 0.25) is 0 Å². The lowest BCUT2D eigenvalue weighted by Crippen LogP contribution is -2.20. The highest BCUT2D eigenvalue weighted by molar-refractivity contribution is 7.98. The van der Waals surface area contributed by atoms with Crippen molar-refractivity contribution in [3.8, 4) is 0 Å². The molecule has 1 unspecified atom stereocenters. The fourth-order valence-electron chi connectivity index (χ4n) is 1.70. The quantitative estimate of drug-likeness (QED) is 0.683. The molecular formula is C11H20O2S. The van der Waals surface area contributed by atoms with E-state index in [-0.39, 0.29) is 0 Å². The molecule has 0 aromatic rings. The average molecular weight is 216 g/mol. The number of ether oxygens (including phenoxy) is 1. The maximum absolute atomic E-state index is 11.4. The van der Waals surface area contributed by atoms with Gasteiger partial charge in [-0.25, -0.2) is 0 Å². The first kappa shape index (κ1) is 12.1. The molecule has 0 spiro atoms. The van der Waals surface area contributed by atoms with Gasteiger partial charge in [0.2, 0.25) is 0 Å². The van der Waals surface area contributed by atoms with E-state index < -0.39 is 0 Å². The summed E-state index contributed by atoms with van der Waals surface area (Å²) in [6.45, 7) is 0.893. The van der Waals surface area contributed by atoms with Crippen molar-refractivity contribution < 1.29 is 9.53 Å². The second kappa shape index (κ2) is 7.30. The number of ketones is 1. The molecule has 1 aliphatic rings. The molecule has 2 nitrogen and oxygen atoms in total. The van der Waals surface area contributed by atoms with Gasteiger partial charge in [-0.3, -0.25) is 4.79 Å². The summed E-state index contributed by atoms with van der Waals surface area (Å²) in [7, 11) is 0. The highest BCUT2D eigenvalue weighted by atomic mass is 32.2. The van der Waals surface area contributed by atoms with Gasteiger partial charge in [-0.05, 0) is 37.7 Å². The molecule has 0 aromatic heterocycles. The molecule has 1 fully saturated rings. The van der Waals surface area contributed by atoms with Gasteiger partial charge in [0.15, 0.2) is 0 Å². The van der Waals surface area contributed by atoms with Crippen molar-refractivity contribution in [2.75, 3.05) is 18.6 Å². The zero-order valence-corrected chi connectivity index (χ0v) is 9.78. The monoisotopic (exact) mass is 216 g/mol. The fourth-order valence-corrected chi connectivity index (χ4v) is 2.13. The van der Waals surface area contributed by atoms with Gasteiger partial charge in [-0.2, -0.15) is 11.8 Å². The summed E-state index contributed by atoms with van der Waals surface area (Å²) in [6, 6.07) is 0. The van der Waals surface area contributed by atoms with E-state index in [0.717, 1.165) is 31.6 Å². The molecule has 1 atom stereocenters. The van der Waals surface area contributed by atoms with Crippen LogP contribution < -0.4 is 0 Å². The first-order chi connectivity index (χ1) is 6.83. The van der Waals surface area contributed by atoms with Crippen LogP contribution in [0, 0.1) is 0 Å². The minimum atomic E-state index is 0.363. The van der Waals surface area contributed by atoms with Crippen LogP contribution in [0.4, 0.5) is 0 Å². The largest absolute Gasteiger partial charge is 0.378 e. The SMILES string of the molecule is CSCCC(=O)CCC1CCCCO1. The van der Waals surface area contributed by atoms with Crippen LogP contribution in [-0.2, 0) is 9.53 Å². The van der Waals surface area contributed by atoms with Gasteiger partial charge in [-0.1, -0.05) is 0 Å². The topological polar surface area (TPSA) is 26.3 Å². The highest BCUT2D eigenvalue weighted by Crippen LogP contribution is 2.17. The highest BCUT2D eigenvalue weighted by Gasteiger charge is 2.14. The summed E-state index contributed by atoms with van der Waals surface area (Å²) < 4.78 is 5.58. The fraction of sp³-hybridized carbons (Fsp3) is 0.909. The zero-order valence-electron chi connectivity index (χ0n) is 8.96. The molecule has 0 aliphatic carbocycles. The third-order valence-corrected chi connectivity index (χ3v) is 3.22. The Morgan fingerprint density at radius 1 is 1.43 bits per heavy atom. The Balaban J connectivity index is 2.03. The van der Waals surface area contributed by atoms with E-state index >= 15 is 0 Å². The van der Waals surface area contributed by atoms with Crippen LogP contribution in [0.5, 0.6) is 0 Å². The number of hydrogen-bond donors (Lipinski definition) is 0. The van der Waals surface area contributed by atoms with E-state index in [2.05, 4.69) is 0 Å². The maximum atomic E-state index is 11.4. The molecule has 1 heterocycles. The van der Waals surface area contributed by atoms with Crippen molar-refractivity contribution in [1.29, 1.82) is 0 Å². The summed E-state index contributed by atoms with van der Waals surface area (Å²) in [5, 5.41) is 0. The molecule has 82 valence electrons. The Morgan fingerprint density at radius 3 is 2.93 bits per heavy atom. The second-order valence-corrected chi connectivity index (χ2v) is 4.79. The number of Topliss-reactive ketones (excluding diaryl/α,β-unsaturated/α-hetero) is 1. The molecular weight excluding hydrogens is 196 g/mol. The lowest BCUT2D eigenvalue weighted by atomic mass is 10.0. The number of rotatable bonds is 6. The molecule has 0 radical (unpaired) electrons. The van der Waals surface area contributed by atoms with Crippen LogP contribution in [0.3, 0.4) is 0 Å². The summed E-state index contributed by atoms with van der Waals surface area (Å²) in [4.78, 5) is 11.4. The van der Waals surface area contributed by atoms with Gasteiger partial charge in [-0.15, -0.1) is 0 Å². The Morgan fingerprint density at radius 2 is 2.29 bits per heavy atom. The van der Waals surface area contributed by atoms with Crippen molar-refractivity contribution in [2.45, 2.75) is 44.6 Å². The van der Waals surface area contributed by atoms with E-state index in [1.54, 1.807) is 11.8 Å². The standard InChI is InChI=1S/C11H20O2S/c1-14-9-7-10(12)5-6-11-4-2-3-8-13-11/h11H,2-9H2,1H3. The normalized spacial score (nSPS) is 22.2. The van der Waals surface area contributed by atoms with E-state index in [1.807, 2.05) is 6.26 Å². The van der Waals surface area contributed by atoms with Crippen molar-refractivity contribution in [3.63, 3.8) is 0 Å². The molecule has 0 saturated carbocycles. The van der Waals surface area contributed by atoms with Crippen LogP contribution in [0.1, 0.15) is 38.5 Å². The molecule has 0 amide bonds. The Bertz CT molecular complexity index is 165. The predicted molar refractivity (Wildman–Crippen MR) is 60.8 cm³/mol. The lowest BCUT2D eigenvalue weighted by Gasteiger charge is -2.22. The van der Waals surface area contributed by atoms with Crippen LogP contribution in [0.25, 0.3) is 0 Å². The third kappa shape index (κ3) is 5.01. The van der Waals surface area contributed by atoms with E-state index in [0.29, 0.717) is 18.3 Å². The Kier molecular flexibility index (Phi) is 6.28. The Labute approximate surface area is 90.8 Å². The predicted octanol–water partition coefficient (Wildman–Crippen LogP) is 2.66. The maximum Gasteiger partial charge on any atom is 0.133 e. The van der Waals surface area contributed by atoms with Crippen molar-refractivity contribution in [3.05, 3.63) is 0 Å². The zero-order chi connectivity index (χ0) is 10.2. The van der Waals surface area contributed by atoms with Gasteiger partial charge in [0.05, 0.1) is 6.10 Å². The summed E-state index contributed by atoms with van der Waals surface area (Å²) >= 11 is 1.74. The van der Waals surface area contributed by atoms with Gasteiger partial charge in [0, 0.05) is 19.4 Å². The number of carbonyl (C=O) groups excluding carboxylic acids is 1. The number of thioether (sulfide) groups is 1. The average Bonchev–Trinajstić information content (AvgIpc) is 2.25. The minimum absolute atomic E-state index is 0.363. The Hall–Kier alpha value is -0.0200. The van der Waals surface area contributed by atoms with E-state index in [9.17, 15) is 4.79 Å². The summed E-state index contributed by atoms with van der Waals surface area (Å²) in [5.41, 5.74) is 0. The molecule has 0 aromatic carbocycles. The van der Waals surface area contributed by atoms with Crippen LogP contribution in [0.15, 0.2) is 0 Å². The molecule has 14 heavy (non-hydrogen) atoms. The van der Waals surface area contributed by atoms with E-state index in [1.165, 1.54) is 12.8 Å². The smallest absolute Gasteiger partial charge is 0.133 e. The van der Waals surface area contributed by atoms with Crippen molar-refractivity contribution in [1.82, 2.24) is 0 Å². The van der Waals surface area contributed by atoms with Gasteiger partial charge in [0.25, 0.3) is 0 Å². The van der Waals surface area contributed by atoms with Gasteiger partial charge < -0.3 is 4.74 Å². The molecule has 1 aliphatic heterocycles. The van der Waals surface area contributed by atoms with Gasteiger partial charge in [0.1, 0.15) is 5.78 Å². The summed E-state index contributed by atoms with van der Waals surface area (Å²) in [5.74, 6) is 1.36. The third-order valence-electron chi connectivity index (χ3n) is 2.60. The number of carbonyl (C=O) groups is 1. The molecule has 1 rings (SSSR count). The second-order valence-electron chi connectivity index (χ2n) is 3.81. The molecule has 1 saturated heterocycles. The van der Waals surface area contributed by atoms with Crippen molar-refractivity contribution >= 4 is 17.5 Å².